The normalized spacial score (nSPS) is 15.8. The second-order valence-corrected chi connectivity index (χ2v) is 6.50. The maximum Gasteiger partial charge on any atom is 0.414 e. The molecule has 1 saturated heterocycles. The van der Waals surface area contributed by atoms with Gasteiger partial charge in [0.1, 0.15) is 11.9 Å². The molecule has 1 heterocycles. The van der Waals surface area contributed by atoms with Gasteiger partial charge in [-0.15, -0.1) is 0 Å². The Morgan fingerprint density at radius 1 is 1.21 bits per heavy atom. The highest BCUT2D eigenvalue weighted by molar-refractivity contribution is 5.94. The third kappa shape index (κ3) is 4.69. The monoisotopic (exact) mass is 400 g/mol. The first-order valence-corrected chi connectivity index (χ1v) is 8.98. The van der Waals surface area contributed by atoms with E-state index in [1.807, 2.05) is 0 Å². The van der Waals surface area contributed by atoms with Crippen molar-refractivity contribution in [3.63, 3.8) is 0 Å². The van der Waals surface area contributed by atoms with E-state index in [-0.39, 0.29) is 24.9 Å². The van der Waals surface area contributed by atoms with E-state index in [0.29, 0.717) is 22.4 Å². The summed E-state index contributed by atoms with van der Waals surface area (Å²) < 4.78 is 19.9. The Morgan fingerprint density at radius 3 is 2.55 bits per heavy atom. The van der Waals surface area contributed by atoms with Gasteiger partial charge in [0.25, 0.3) is 5.91 Å². The summed E-state index contributed by atoms with van der Waals surface area (Å²) in [6.45, 7) is 1.79. The van der Waals surface area contributed by atoms with Crippen LogP contribution in [0.4, 0.5) is 14.9 Å². The largest absolute Gasteiger partial charge is 0.442 e. The fraction of sp³-hybridized carbons (Fsp3) is 0.250. The molecule has 0 aromatic heterocycles. The molecule has 0 saturated carbocycles. The predicted octanol–water partition coefficient (Wildman–Crippen LogP) is 1.82. The van der Waals surface area contributed by atoms with Crippen LogP contribution in [0.3, 0.4) is 0 Å². The highest BCUT2D eigenvalue weighted by atomic mass is 19.1. The summed E-state index contributed by atoms with van der Waals surface area (Å²) >= 11 is 0. The molecule has 0 spiro atoms. The molecule has 0 aliphatic carbocycles. The number of hydrogen-bond acceptors (Lipinski definition) is 5. The van der Waals surface area contributed by atoms with Crippen LogP contribution in [0.25, 0.3) is 11.1 Å². The van der Waals surface area contributed by atoms with E-state index in [1.165, 1.54) is 17.9 Å². The number of halogens is 1. The topological polar surface area (TPSA) is 99.8 Å². The molecule has 29 heavy (non-hydrogen) atoms. The van der Waals surface area contributed by atoms with Crippen molar-refractivity contribution in [1.29, 1.82) is 0 Å². The molecule has 1 atom stereocenters. The van der Waals surface area contributed by atoms with Crippen LogP contribution in [0.15, 0.2) is 42.5 Å². The van der Waals surface area contributed by atoms with Crippen LogP contribution < -0.4 is 21.1 Å². The minimum atomic E-state index is -0.590. The molecule has 0 bridgehead atoms. The summed E-state index contributed by atoms with van der Waals surface area (Å²) in [5.41, 5.74) is 6.76. The molecule has 2 aromatic carbocycles. The van der Waals surface area contributed by atoms with Gasteiger partial charge in [-0.2, -0.15) is 0 Å². The molecule has 3 rings (SSSR count). The van der Waals surface area contributed by atoms with Gasteiger partial charge in [-0.05, 0) is 35.9 Å². The van der Waals surface area contributed by atoms with E-state index in [4.69, 9.17) is 4.74 Å². The van der Waals surface area contributed by atoms with Crippen LogP contribution in [0.5, 0.6) is 0 Å². The first kappa shape index (κ1) is 20.3. The Morgan fingerprint density at radius 2 is 1.93 bits per heavy atom. The molecule has 3 N–H and O–H groups in total. The molecular formula is C20H21FN4O4. The van der Waals surface area contributed by atoms with Gasteiger partial charge >= 0.3 is 6.09 Å². The van der Waals surface area contributed by atoms with Gasteiger partial charge < -0.3 is 10.1 Å². The van der Waals surface area contributed by atoms with Crippen molar-refractivity contribution in [3.8, 4) is 11.1 Å². The Hall–Kier alpha value is -3.46. The fourth-order valence-electron chi connectivity index (χ4n) is 2.99. The zero-order chi connectivity index (χ0) is 21.0. The van der Waals surface area contributed by atoms with E-state index in [1.54, 1.807) is 43.4 Å². The molecule has 0 radical (unpaired) electrons. The van der Waals surface area contributed by atoms with Crippen LogP contribution >= 0.6 is 0 Å². The number of hydrazine groups is 1. The van der Waals surface area contributed by atoms with Gasteiger partial charge in [0.05, 0.1) is 18.8 Å². The SMILES string of the molecule is CNNC(=O)c1ccc(-c2ccc(N3C[C@H](CNC(C)=O)OC3=O)cc2F)cc1. The van der Waals surface area contributed by atoms with E-state index < -0.39 is 18.0 Å². The smallest absolute Gasteiger partial charge is 0.414 e. The number of anilines is 1. The van der Waals surface area contributed by atoms with Crippen LogP contribution in [0, 0.1) is 5.82 Å². The van der Waals surface area contributed by atoms with Crippen molar-refractivity contribution in [2.24, 2.45) is 0 Å². The van der Waals surface area contributed by atoms with E-state index in [2.05, 4.69) is 16.2 Å². The van der Waals surface area contributed by atoms with Gasteiger partial charge in [-0.25, -0.2) is 14.6 Å². The second-order valence-electron chi connectivity index (χ2n) is 6.50. The molecule has 152 valence electrons. The molecule has 3 amide bonds. The minimum Gasteiger partial charge on any atom is -0.442 e. The number of amides is 3. The van der Waals surface area contributed by atoms with Crippen molar-refractivity contribution in [2.45, 2.75) is 13.0 Å². The molecule has 8 nitrogen and oxygen atoms in total. The van der Waals surface area contributed by atoms with Crippen LogP contribution in [-0.2, 0) is 9.53 Å². The number of carbonyl (C=O) groups excluding carboxylic acids is 3. The van der Waals surface area contributed by atoms with Crippen molar-refractivity contribution in [3.05, 3.63) is 53.8 Å². The van der Waals surface area contributed by atoms with Gasteiger partial charge in [-0.1, -0.05) is 12.1 Å². The fourth-order valence-corrected chi connectivity index (χ4v) is 2.99. The van der Waals surface area contributed by atoms with Crippen LogP contribution in [0.2, 0.25) is 0 Å². The summed E-state index contributed by atoms with van der Waals surface area (Å²) in [6, 6.07) is 11.0. The predicted molar refractivity (Wildman–Crippen MR) is 105 cm³/mol. The lowest BCUT2D eigenvalue weighted by molar-refractivity contribution is -0.119. The van der Waals surface area contributed by atoms with Gasteiger partial charge in [0, 0.05) is 25.1 Å². The van der Waals surface area contributed by atoms with Crippen LogP contribution in [0.1, 0.15) is 17.3 Å². The summed E-state index contributed by atoms with van der Waals surface area (Å²) in [4.78, 5) is 36.2. The van der Waals surface area contributed by atoms with Gasteiger partial charge in [0.2, 0.25) is 5.91 Å². The third-order valence-electron chi connectivity index (χ3n) is 4.41. The Bertz CT molecular complexity index is 933. The van der Waals surface area contributed by atoms with Crippen molar-refractivity contribution in [1.82, 2.24) is 16.2 Å². The number of benzene rings is 2. The second kappa shape index (κ2) is 8.70. The molecular weight excluding hydrogens is 379 g/mol. The number of hydrogen-bond donors (Lipinski definition) is 3. The molecule has 9 heteroatoms. The maximum atomic E-state index is 14.7. The zero-order valence-corrected chi connectivity index (χ0v) is 16.0. The lowest BCUT2D eigenvalue weighted by atomic mass is 10.0. The number of ether oxygens (including phenoxy) is 1. The van der Waals surface area contributed by atoms with Crippen molar-refractivity contribution in [2.75, 3.05) is 25.0 Å². The number of rotatable bonds is 6. The average molecular weight is 400 g/mol. The molecule has 1 aliphatic rings. The highest BCUT2D eigenvalue weighted by Gasteiger charge is 2.32. The number of nitrogens with one attached hydrogen (secondary N) is 3. The summed E-state index contributed by atoms with van der Waals surface area (Å²) in [5.74, 6) is -1.02. The standard InChI is InChI=1S/C20H21FN4O4/c1-12(26)23-10-16-11-25(20(28)29-16)15-7-8-17(18(21)9-15)13-3-5-14(6-4-13)19(27)24-22-2/h3-9,16,22H,10-11H2,1-2H3,(H,23,26)(H,24,27)/t16-/m0/s1. The number of nitrogens with zero attached hydrogens (tertiary/aromatic N) is 1. The van der Waals surface area contributed by atoms with Crippen molar-refractivity contribution >= 4 is 23.6 Å². The lowest BCUT2D eigenvalue weighted by Crippen LogP contribution is -2.34. The van der Waals surface area contributed by atoms with Gasteiger partial charge in [-0.3, -0.25) is 19.9 Å². The average Bonchev–Trinajstić information content (AvgIpc) is 3.07. The first-order valence-electron chi connectivity index (χ1n) is 8.98. The third-order valence-corrected chi connectivity index (χ3v) is 4.41. The zero-order valence-electron chi connectivity index (χ0n) is 16.0. The molecule has 1 fully saturated rings. The molecule has 1 aliphatic heterocycles. The lowest BCUT2D eigenvalue weighted by Gasteiger charge is -2.14. The Balaban J connectivity index is 1.74. The number of carbonyl (C=O) groups is 3. The first-order chi connectivity index (χ1) is 13.9. The quantitative estimate of drug-likeness (QED) is 0.643. The molecule has 0 unspecified atom stereocenters. The van der Waals surface area contributed by atoms with Crippen LogP contribution in [-0.4, -0.2) is 44.1 Å². The summed E-state index contributed by atoms with van der Waals surface area (Å²) in [5, 5.41) is 2.59. The number of cyclic esters (lactones) is 1. The van der Waals surface area contributed by atoms with Gasteiger partial charge in [0.15, 0.2) is 0 Å². The van der Waals surface area contributed by atoms with E-state index in [0.717, 1.165) is 0 Å². The van der Waals surface area contributed by atoms with E-state index >= 15 is 0 Å². The Kier molecular flexibility index (Phi) is 6.08. The Labute approximate surface area is 167 Å². The maximum absolute atomic E-state index is 14.7. The minimum absolute atomic E-state index is 0.200. The van der Waals surface area contributed by atoms with E-state index in [9.17, 15) is 18.8 Å². The van der Waals surface area contributed by atoms with Crippen molar-refractivity contribution < 1.29 is 23.5 Å². The summed E-state index contributed by atoms with van der Waals surface area (Å²) in [7, 11) is 1.58. The highest BCUT2D eigenvalue weighted by Crippen LogP contribution is 2.29. The molecule has 2 aromatic rings. The summed E-state index contributed by atoms with van der Waals surface area (Å²) in [6.07, 6.45) is -1.09.